The van der Waals surface area contributed by atoms with Gasteiger partial charge in [-0.15, -0.1) is 0 Å². The summed E-state index contributed by atoms with van der Waals surface area (Å²) in [5.41, 5.74) is 14.7. The molecule has 0 N–H and O–H groups in total. The number of carbonyl (C=O) groups is 1. The number of fused-ring (bicyclic) bond motifs is 8. The van der Waals surface area contributed by atoms with Gasteiger partial charge in [-0.05, 0) is 74.8 Å². The van der Waals surface area contributed by atoms with E-state index in [9.17, 15) is 4.79 Å². The van der Waals surface area contributed by atoms with Gasteiger partial charge in [0.05, 0.1) is 16.7 Å². The molecular weight excluding hydrogens is 546 g/mol. The molecule has 6 aromatic carbocycles. The Labute approximate surface area is 263 Å². The van der Waals surface area contributed by atoms with E-state index < -0.39 is 0 Å². The molecule has 2 nitrogen and oxygen atoms in total. The number of rotatable bonds is 3. The first-order valence-corrected chi connectivity index (χ1v) is 15.8. The number of ketones is 1. The van der Waals surface area contributed by atoms with E-state index in [2.05, 4.69) is 129 Å². The number of hydrogen-bond acceptors (Lipinski definition) is 1. The predicted octanol–water partition coefficient (Wildman–Crippen LogP) is 10.6. The Bertz CT molecular complexity index is 2370. The van der Waals surface area contributed by atoms with Crippen LogP contribution in [0.2, 0.25) is 0 Å². The van der Waals surface area contributed by atoms with Gasteiger partial charge < -0.3 is 4.57 Å². The van der Waals surface area contributed by atoms with Crippen LogP contribution >= 0.6 is 0 Å². The number of hydrogen-bond donors (Lipinski definition) is 0. The molecule has 0 saturated carbocycles. The second kappa shape index (κ2) is 8.92. The fourth-order valence-electron chi connectivity index (χ4n) is 8.15. The molecule has 45 heavy (non-hydrogen) atoms. The van der Waals surface area contributed by atoms with Gasteiger partial charge >= 0.3 is 0 Å². The van der Waals surface area contributed by atoms with Crippen molar-refractivity contribution in [2.75, 3.05) is 0 Å². The summed E-state index contributed by atoms with van der Waals surface area (Å²) in [6, 6.07) is 45.1. The van der Waals surface area contributed by atoms with Gasteiger partial charge in [-0.3, -0.25) is 4.79 Å². The van der Waals surface area contributed by atoms with Gasteiger partial charge in [0, 0.05) is 32.7 Å². The molecule has 0 fully saturated rings. The maximum Gasteiger partial charge on any atom is 0.193 e. The first kappa shape index (κ1) is 26.2. The van der Waals surface area contributed by atoms with Crippen LogP contribution in [-0.2, 0) is 10.8 Å². The molecule has 0 amide bonds. The van der Waals surface area contributed by atoms with Crippen molar-refractivity contribution in [2.45, 2.75) is 38.5 Å². The van der Waals surface area contributed by atoms with Gasteiger partial charge in [0.15, 0.2) is 5.78 Å². The summed E-state index contributed by atoms with van der Waals surface area (Å²) < 4.78 is 2.46. The maximum absolute atomic E-state index is 14.3. The fraction of sp³-hybridized carbons (Fsp3) is 0.140. The van der Waals surface area contributed by atoms with E-state index >= 15 is 0 Å². The molecule has 2 heterocycles. The monoisotopic (exact) mass is 579 g/mol. The SMILES string of the molecule is CC1(C)c2ccccc2-c2cc3c4cc(C(=O)c5ccc(-c6ccccc6)cc5)cc5c4n(c3cc21)-c1ccccc1C5(C)C. The Morgan fingerprint density at radius 3 is 1.93 bits per heavy atom. The smallest absolute Gasteiger partial charge is 0.193 e. The number of aromatic nitrogens is 1. The summed E-state index contributed by atoms with van der Waals surface area (Å²) in [6.45, 7) is 9.27. The molecule has 0 unspecified atom stereocenters. The third-order valence-corrected chi connectivity index (χ3v) is 10.6. The summed E-state index contributed by atoms with van der Waals surface area (Å²) >= 11 is 0. The molecule has 0 bridgehead atoms. The van der Waals surface area contributed by atoms with Crippen LogP contribution in [0.25, 0.3) is 49.7 Å². The molecule has 1 aliphatic heterocycles. The zero-order chi connectivity index (χ0) is 30.7. The van der Waals surface area contributed by atoms with Crippen LogP contribution in [0.3, 0.4) is 0 Å². The minimum absolute atomic E-state index is 0.0518. The van der Waals surface area contributed by atoms with Crippen LogP contribution in [0.1, 0.15) is 65.9 Å². The van der Waals surface area contributed by atoms with Crippen LogP contribution in [0, 0.1) is 0 Å². The average Bonchev–Trinajstić information content (AvgIpc) is 3.51. The Morgan fingerprint density at radius 1 is 0.511 bits per heavy atom. The van der Waals surface area contributed by atoms with Crippen molar-refractivity contribution in [3.63, 3.8) is 0 Å². The van der Waals surface area contributed by atoms with Gasteiger partial charge in [0.1, 0.15) is 0 Å². The van der Waals surface area contributed by atoms with E-state index in [1.54, 1.807) is 0 Å². The highest BCUT2D eigenvalue weighted by molar-refractivity contribution is 6.18. The lowest BCUT2D eigenvalue weighted by Gasteiger charge is -2.35. The quantitative estimate of drug-likeness (QED) is 0.191. The van der Waals surface area contributed by atoms with Crippen LogP contribution in [-0.4, -0.2) is 10.4 Å². The molecule has 0 saturated heterocycles. The highest BCUT2D eigenvalue weighted by atomic mass is 16.1. The Kier molecular flexibility index (Phi) is 5.20. The van der Waals surface area contributed by atoms with Crippen molar-refractivity contribution in [3.8, 4) is 27.9 Å². The topological polar surface area (TPSA) is 22.0 Å². The van der Waals surface area contributed by atoms with Gasteiger partial charge in [0.25, 0.3) is 0 Å². The van der Waals surface area contributed by atoms with Crippen molar-refractivity contribution >= 4 is 27.6 Å². The largest absolute Gasteiger partial charge is 0.309 e. The highest BCUT2D eigenvalue weighted by Gasteiger charge is 2.39. The Balaban J connectivity index is 1.31. The summed E-state index contributed by atoms with van der Waals surface area (Å²) in [7, 11) is 0. The number of para-hydroxylation sites is 1. The third kappa shape index (κ3) is 3.48. The van der Waals surface area contributed by atoms with Crippen LogP contribution in [0.5, 0.6) is 0 Å². The summed E-state index contributed by atoms with van der Waals surface area (Å²) in [4.78, 5) is 14.3. The molecule has 2 aliphatic rings. The van der Waals surface area contributed by atoms with E-state index in [0.717, 1.165) is 22.1 Å². The first-order valence-electron chi connectivity index (χ1n) is 15.8. The first-order chi connectivity index (χ1) is 21.7. The number of nitrogens with zero attached hydrogens (tertiary/aromatic N) is 1. The van der Waals surface area contributed by atoms with Crippen molar-refractivity contribution in [2.24, 2.45) is 0 Å². The lowest BCUT2D eigenvalue weighted by Crippen LogP contribution is -2.26. The second-order valence-corrected chi connectivity index (χ2v) is 13.8. The molecule has 0 atom stereocenters. The molecule has 0 radical (unpaired) electrons. The van der Waals surface area contributed by atoms with Gasteiger partial charge in [-0.1, -0.05) is 125 Å². The van der Waals surface area contributed by atoms with E-state index in [-0.39, 0.29) is 16.6 Å². The van der Waals surface area contributed by atoms with Crippen LogP contribution in [0.4, 0.5) is 0 Å². The average molecular weight is 580 g/mol. The number of carbonyl (C=O) groups excluding carboxylic acids is 1. The Hall–Kier alpha value is -5.21. The van der Waals surface area contributed by atoms with Crippen LogP contribution < -0.4 is 0 Å². The molecular formula is C43H33NO. The normalized spacial score (nSPS) is 15.1. The summed E-state index contributed by atoms with van der Waals surface area (Å²) in [5.74, 6) is 0.0518. The van der Waals surface area contributed by atoms with Crippen molar-refractivity contribution in [3.05, 3.63) is 161 Å². The van der Waals surface area contributed by atoms with Gasteiger partial charge in [0.2, 0.25) is 0 Å². The zero-order valence-corrected chi connectivity index (χ0v) is 26.0. The summed E-state index contributed by atoms with van der Waals surface area (Å²) in [5, 5.41) is 2.33. The van der Waals surface area contributed by atoms with E-state index in [4.69, 9.17) is 0 Å². The van der Waals surface area contributed by atoms with Crippen molar-refractivity contribution in [1.29, 1.82) is 0 Å². The van der Waals surface area contributed by atoms with E-state index in [0.29, 0.717) is 5.56 Å². The second-order valence-electron chi connectivity index (χ2n) is 13.8. The standard InChI is InChI=1S/C43H33NO/c1-42(2)34-15-9-8-14-30(34)31-24-32-33-22-29(41(45)28-20-18-27(19-21-28)26-12-6-5-7-13-26)23-37-40(33)44(39(32)25-36(31)42)38-17-11-10-16-35(38)43(37,3)4/h5-25H,1-4H3. The molecule has 1 aromatic heterocycles. The van der Waals surface area contributed by atoms with E-state index in [1.165, 1.54) is 55.5 Å². The highest BCUT2D eigenvalue weighted by Crippen LogP contribution is 2.53. The molecule has 7 aromatic rings. The lowest BCUT2D eigenvalue weighted by molar-refractivity contribution is 0.103. The lowest BCUT2D eigenvalue weighted by atomic mass is 9.74. The third-order valence-electron chi connectivity index (χ3n) is 10.6. The van der Waals surface area contributed by atoms with Gasteiger partial charge in [-0.2, -0.15) is 0 Å². The van der Waals surface area contributed by atoms with E-state index in [1.807, 2.05) is 30.3 Å². The zero-order valence-electron chi connectivity index (χ0n) is 26.0. The van der Waals surface area contributed by atoms with Crippen molar-refractivity contribution < 1.29 is 4.79 Å². The Morgan fingerprint density at radius 2 is 1.16 bits per heavy atom. The molecule has 1 aliphatic carbocycles. The van der Waals surface area contributed by atoms with Crippen LogP contribution in [0.15, 0.2) is 127 Å². The minimum Gasteiger partial charge on any atom is -0.309 e. The predicted molar refractivity (Wildman–Crippen MR) is 186 cm³/mol. The van der Waals surface area contributed by atoms with Gasteiger partial charge in [-0.25, -0.2) is 0 Å². The molecule has 216 valence electrons. The molecule has 2 heteroatoms. The number of benzene rings is 6. The molecule has 0 spiro atoms. The maximum atomic E-state index is 14.3. The fourth-order valence-corrected chi connectivity index (χ4v) is 8.15. The minimum atomic E-state index is -0.277. The van der Waals surface area contributed by atoms with Crippen molar-refractivity contribution in [1.82, 2.24) is 4.57 Å². The molecule has 9 rings (SSSR count). The summed E-state index contributed by atoms with van der Waals surface area (Å²) in [6.07, 6.45) is 0.